The van der Waals surface area contributed by atoms with E-state index in [2.05, 4.69) is 47.0 Å². The maximum absolute atomic E-state index is 5.52. The van der Waals surface area contributed by atoms with Crippen LogP contribution in [0.1, 0.15) is 41.6 Å². The highest BCUT2D eigenvalue weighted by molar-refractivity contribution is 9.10. The van der Waals surface area contributed by atoms with Crippen molar-refractivity contribution in [1.29, 1.82) is 0 Å². The quantitative estimate of drug-likeness (QED) is 0.918. The highest BCUT2D eigenvalue weighted by Crippen LogP contribution is 2.25. The molecule has 3 nitrogen and oxygen atoms in total. The van der Waals surface area contributed by atoms with Crippen molar-refractivity contribution in [2.75, 3.05) is 0 Å². The van der Waals surface area contributed by atoms with Crippen LogP contribution in [0.3, 0.4) is 0 Å². The van der Waals surface area contributed by atoms with Crippen molar-refractivity contribution in [2.45, 2.75) is 32.9 Å². The van der Waals surface area contributed by atoms with Gasteiger partial charge in [0.1, 0.15) is 10.8 Å². The Labute approximate surface area is 113 Å². The van der Waals surface area contributed by atoms with Crippen LogP contribution < -0.4 is 5.32 Å². The molecule has 2 rings (SSSR count). The van der Waals surface area contributed by atoms with Gasteiger partial charge in [-0.2, -0.15) is 0 Å². The number of hydrogen-bond acceptors (Lipinski definition) is 4. The molecule has 0 radical (unpaired) electrons. The Morgan fingerprint density at radius 1 is 1.35 bits per heavy atom. The molecule has 0 amide bonds. The molecule has 1 N–H and O–H groups in total. The molecular weight excluding hydrogens is 300 g/mol. The van der Waals surface area contributed by atoms with Crippen LogP contribution in [-0.2, 0) is 0 Å². The molecule has 0 aliphatic carbocycles. The van der Waals surface area contributed by atoms with Crippen molar-refractivity contribution < 1.29 is 4.42 Å². The topological polar surface area (TPSA) is 38.1 Å². The third-order valence-corrected chi connectivity index (χ3v) is 4.05. The van der Waals surface area contributed by atoms with E-state index in [0.29, 0.717) is 0 Å². The molecule has 2 aromatic rings. The molecule has 92 valence electrons. The number of halogens is 1. The molecule has 17 heavy (non-hydrogen) atoms. The summed E-state index contributed by atoms with van der Waals surface area (Å²) in [5.74, 6) is 0.928. The molecule has 2 heterocycles. The van der Waals surface area contributed by atoms with Crippen LogP contribution >= 0.6 is 27.3 Å². The molecule has 0 aliphatic heterocycles. The molecule has 2 atom stereocenters. The van der Waals surface area contributed by atoms with Crippen LogP contribution in [0.15, 0.2) is 27.4 Å². The van der Waals surface area contributed by atoms with Gasteiger partial charge >= 0.3 is 0 Å². The molecule has 2 aromatic heterocycles. The molecule has 0 spiro atoms. The molecule has 0 saturated heterocycles. The summed E-state index contributed by atoms with van der Waals surface area (Å²) in [4.78, 5) is 5.62. The van der Waals surface area contributed by atoms with Crippen molar-refractivity contribution in [3.05, 3.63) is 38.6 Å². The maximum atomic E-state index is 5.52. The van der Waals surface area contributed by atoms with E-state index in [-0.39, 0.29) is 12.1 Å². The van der Waals surface area contributed by atoms with E-state index in [1.807, 2.05) is 18.3 Å². The molecule has 0 aromatic carbocycles. The van der Waals surface area contributed by atoms with E-state index in [4.69, 9.17) is 4.42 Å². The highest BCUT2D eigenvalue weighted by atomic mass is 79.9. The number of nitrogens with zero attached hydrogens (tertiary/aromatic N) is 1. The highest BCUT2D eigenvalue weighted by Gasteiger charge is 2.15. The lowest BCUT2D eigenvalue weighted by molar-refractivity contribution is 0.393. The second-order valence-electron chi connectivity index (χ2n) is 4.06. The summed E-state index contributed by atoms with van der Waals surface area (Å²) < 4.78 is 6.29. The number of aryl methyl sites for hydroxylation is 1. The summed E-state index contributed by atoms with van der Waals surface area (Å²) in [7, 11) is 0. The van der Waals surface area contributed by atoms with Crippen molar-refractivity contribution >= 4 is 27.3 Å². The van der Waals surface area contributed by atoms with Crippen LogP contribution in [0, 0.1) is 6.92 Å². The van der Waals surface area contributed by atoms with E-state index < -0.39 is 0 Å². The normalized spacial score (nSPS) is 14.8. The Hall–Kier alpha value is -0.650. The van der Waals surface area contributed by atoms with Crippen molar-refractivity contribution in [3.63, 3.8) is 0 Å². The third-order valence-electron chi connectivity index (χ3n) is 2.53. The first-order valence-corrected chi connectivity index (χ1v) is 7.11. The van der Waals surface area contributed by atoms with Gasteiger partial charge in [-0.25, -0.2) is 4.98 Å². The second-order valence-corrected chi connectivity index (χ2v) is 6.11. The average Bonchev–Trinajstić information content (AvgIpc) is 2.87. The summed E-state index contributed by atoms with van der Waals surface area (Å²) in [6, 6.07) is 4.28. The van der Waals surface area contributed by atoms with E-state index in [1.165, 1.54) is 4.88 Å². The predicted octanol–water partition coefficient (Wildman–Crippen LogP) is 4.22. The second kappa shape index (κ2) is 5.33. The first-order chi connectivity index (χ1) is 8.06. The molecular formula is C12H15BrN2OS. The van der Waals surface area contributed by atoms with Crippen molar-refractivity contribution in [2.24, 2.45) is 0 Å². The first-order valence-electron chi connectivity index (χ1n) is 5.50. The summed E-state index contributed by atoms with van der Waals surface area (Å²) >= 11 is 5.03. The molecule has 0 aliphatic rings. The standard InChI is InChI=1S/C12H15BrN2OS/c1-7-6-14-12(17-7)9(3)15-8(2)10-4-5-11(13)16-10/h4-6,8-9,15H,1-3H3. The predicted molar refractivity (Wildman–Crippen MR) is 73.2 cm³/mol. The molecule has 2 unspecified atom stereocenters. The number of hydrogen-bond donors (Lipinski definition) is 1. The lowest BCUT2D eigenvalue weighted by Crippen LogP contribution is -2.21. The minimum Gasteiger partial charge on any atom is -0.453 e. The SMILES string of the molecule is Cc1cnc(C(C)NC(C)c2ccc(Br)o2)s1. The van der Waals surface area contributed by atoms with Crippen LogP contribution in [0.5, 0.6) is 0 Å². The average molecular weight is 315 g/mol. The van der Waals surface area contributed by atoms with Gasteiger partial charge in [0.2, 0.25) is 0 Å². The van der Waals surface area contributed by atoms with Gasteiger partial charge in [-0.1, -0.05) is 0 Å². The Morgan fingerprint density at radius 2 is 2.12 bits per heavy atom. The smallest absolute Gasteiger partial charge is 0.169 e. The fourth-order valence-electron chi connectivity index (χ4n) is 1.66. The van der Waals surface area contributed by atoms with E-state index >= 15 is 0 Å². The zero-order valence-electron chi connectivity index (χ0n) is 10.0. The molecule has 0 bridgehead atoms. The van der Waals surface area contributed by atoms with Gasteiger partial charge in [-0.05, 0) is 48.8 Å². The largest absolute Gasteiger partial charge is 0.453 e. The summed E-state index contributed by atoms with van der Waals surface area (Å²) in [6.45, 7) is 6.27. The van der Waals surface area contributed by atoms with E-state index in [9.17, 15) is 0 Å². The van der Waals surface area contributed by atoms with E-state index in [0.717, 1.165) is 15.4 Å². The molecule has 0 fully saturated rings. The van der Waals surface area contributed by atoms with Crippen LogP contribution in [-0.4, -0.2) is 4.98 Å². The van der Waals surface area contributed by atoms with Gasteiger partial charge in [0.25, 0.3) is 0 Å². The zero-order chi connectivity index (χ0) is 12.4. The van der Waals surface area contributed by atoms with Crippen molar-refractivity contribution in [1.82, 2.24) is 10.3 Å². The maximum Gasteiger partial charge on any atom is 0.169 e. The number of nitrogens with one attached hydrogen (secondary N) is 1. The third kappa shape index (κ3) is 3.18. The minimum absolute atomic E-state index is 0.167. The van der Waals surface area contributed by atoms with Crippen molar-refractivity contribution in [3.8, 4) is 0 Å². The summed E-state index contributed by atoms with van der Waals surface area (Å²) in [6.07, 6.45) is 1.91. The lowest BCUT2D eigenvalue weighted by Gasteiger charge is -2.16. The minimum atomic E-state index is 0.167. The fourth-order valence-corrected chi connectivity index (χ4v) is 2.77. The number of thiazole rings is 1. The van der Waals surface area contributed by atoms with Crippen LogP contribution in [0.2, 0.25) is 0 Å². The van der Waals surface area contributed by atoms with Crippen LogP contribution in [0.25, 0.3) is 0 Å². The fraction of sp³-hybridized carbons (Fsp3) is 0.417. The van der Waals surface area contributed by atoms with Gasteiger partial charge in [0.05, 0.1) is 12.1 Å². The van der Waals surface area contributed by atoms with Gasteiger partial charge in [-0.3, -0.25) is 5.32 Å². The lowest BCUT2D eigenvalue weighted by atomic mass is 10.2. The summed E-state index contributed by atoms with van der Waals surface area (Å²) in [5.41, 5.74) is 0. The Bertz CT molecular complexity index is 450. The van der Waals surface area contributed by atoms with Gasteiger partial charge in [0.15, 0.2) is 4.67 Å². The number of furan rings is 1. The molecule has 0 saturated carbocycles. The number of rotatable bonds is 4. The monoisotopic (exact) mass is 314 g/mol. The van der Waals surface area contributed by atoms with E-state index in [1.54, 1.807) is 11.3 Å². The van der Waals surface area contributed by atoms with Gasteiger partial charge < -0.3 is 4.42 Å². The number of aromatic nitrogens is 1. The zero-order valence-corrected chi connectivity index (χ0v) is 12.4. The van der Waals surface area contributed by atoms with Crippen LogP contribution in [0.4, 0.5) is 0 Å². The Morgan fingerprint density at radius 3 is 2.65 bits per heavy atom. The van der Waals surface area contributed by atoms with Gasteiger partial charge in [-0.15, -0.1) is 11.3 Å². The molecule has 5 heteroatoms. The Kier molecular flexibility index (Phi) is 4.01. The summed E-state index contributed by atoms with van der Waals surface area (Å²) in [5, 5.41) is 4.58. The Balaban J connectivity index is 2.01. The first kappa shape index (κ1) is 12.8. The van der Waals surface area contributed by atoms with Gasteiger partial charge in [0, 0.05) is 11.1 Å².